The average molecular weight is 302 g/mol. The summed E-state index contributed by atoms with van der Waals surface area (Å²) in [7, 11) is 1.54. The van der Waals surface area contributed by atoms with E-state index in [1.165, 1.54) is 28.3 Å². The lowest BCUT2D eigenvalue weighted by Crippen LogP contribution is -2.34. The van der Waals surface area contributed by atoms with Gasteiger partial charge in [-0.2, -0.15) is 10.4 Å². The molecular weight excluding hydrogens is 288 g/mol. The molecule has 7 heteroatoms. The largest absolute Gasteiger partial charge is 0.311 e. The number of anilines is 1. The maximum atomic E-state index is 12.2. The summed E-state index contributed by atoms with van der Waals surface area (Å²) in [6.07, 6.45) is 3.58. The van der Waals surface area contributed by atoms with Crippen molar-refractivity contribution in [3.8, 4) is 6.07 Å². The Hall–Kier alpha value is -2.20. The van der Waals surface area contributed by atoms with Crippen molar-refractivity contribution < 1.29 is 9.59 Å². The lowest BCUT2D eigenvalue weighted by Gasteiger charge is -2.18. The van der Waals surface area contributed by atoms with Crippen molar-refractivity contribution in [3.63, 3.8) is 0 Å². The molecular formula is C14H14N4O2S. The van der Waals surface area contributed by atoms with Crippen LogP contribution in [0.2, 0.25) is 0 Å². The van der Waals surface area contributed by atoms with Gasteiger partial charge >= 0.3 is 0 Å². The van der Waals surface area contributed by atoms with Gasteiger partial charge in [0.1, 0.15) is 16.8 Å². The molecule has 0 atom stereocenters. The fourth-order valence-corrected chi connectivity index (χ4v) is 3.85. The Kier molecular flexibility index (Phi) is 3.47. The second kappa shape index (κ2) is 5.30. The number of hydrogen-bond donors (Lipinski definition) is 1. The predicted octanol–water partition coefficient (Wildman–Crippen LogP) is 1.66. The number of aryl methyl sites for hydroxylation is 1. The number of hydrogen-bond acceptors (Lipinski definition) is 5. The second-order valence-electron chi connectivity index (χ2n) is 5.09. The Morgan fingerprint density at radius 2 is 2.19 bits per heavy atom. The molecule has 0 fully saturated rings. The Bertz CT molecular complexity index is 699. The number of fused-ring (bicyclic) bond motifs is 1. The molecule has 3 rings (SSSR count). The third-order valence-electron chi connectivity index (χ3n) is 3.73. The van der Waals surface area contributed by atoms with Crippen LogP contribution >= 0.6 is 11.3 Å². The number of rotatable bonds is 2. The first-order chi connectivity index (χ1) is 10.1. The molecule has 1 aromatic heterocycles. The van der Waals surface area contributed by atoms with Crippen molar-refractivity contribution in [1.82, 2.24) is 5.01 Å². The SMILES string of the molecule is CN1N=C(C(=O)Nc2sc3c(c2C#N)CCC3)CCC1=O. The first kappa shape index (κ1) is 13.8. The van der Waals surface area contributed by atoms with Gasteiger partial charge in [0, 0.05) is 24.8 Å². The van der Waals surface area contributed by atoms with Crippen LogP contribution in [0.1, 0.15) is 35.3 Å². The molecule has 0 aromatic carbocycles. The number of nitrogens with one attached hydrogen (secondary N) is 1. The summed E-state index contributed by atoms with van der Waals surface area (Å²) < 4.78 is 0. The van der Waals surface area contributed by atoms with E-state index in [4.69, 9.17) is 0 Å². The van der Waals surface area contributed by atoms with Gasteiger partial charge < -0.3 is 5.32 Å². The summed E-state index contributed by atoms with van der Waals surface area (Å²) in [5.74, 6) is -0.426. The summed E-state index contributed by atoms with van der Waals surface area (Å²) in [4.78, 5) is 24.8. The van der Waals surface area contributed by atoms with E-state index < -0.39 is 0 Å². The molecule has 1 N–H and O–H groups in total. The first-order valence-corrected chi connectivity index (χ1v) is 7.62. The van der Waals surface area contributed by atoms with Crippen LogP contribution in [0.3, 0.4) is 0 Å². The Balaban J connectivity index is 1.82. The first-order valence-electron chi connectivity index (χ1n) is 6.80. The van der Waals surface area contributed by atoms with Crippen LogP contribution in [0.5, 0.6) is 0 Å². The van der Waals surface area contributed by atoms with Gasteiger partial charge in [0.2, 0.25) is 5.91 Å². The molecule has 6 nitrogen and oxygen atoms in total. The van der Waals surface area contributed by atoms with Gasteiger partial charge in [0.05, 0.1) is 5.56 Å². The number of amides is 2. The van der Waals surface area contributed by atoms with Crippen molar-refractivity contribution in [2.75, 3.05) is 12.4 Å². The molecule has 1 aromatic rings. The zero-order chi connectivity index (χ0) is 15.0. The number of nitriles is 1. The summed E-state index contributed by atoms with van der Waals surface area (Å²) in [5.41, 5.74) is 1.99. The maximum Gasteiger partial charge on any atom is 0.272 e. The van der Waals surface area contributed by atoms with Crippen molar-refractivity contribution >= 4 is 33.9 Å². The van der Waals surface area contributed by atoms with Gasteiger partial charge in [-0.1, -0.05) is 0 Å². The minimum Gasteiger partial charge on any atom is -0.311 e. The summed E-state index contributed by atoms with van der Waals surface area (Å²) in [6.45, 7) is 0. The number of carbonyl (C=O) groups is 2. The van der Waals surface area contributed by atoms with E-state index in [1.807, 2.05) is 0 Å². The Morgan fingerprint density at radius 1 is 1.38 bits per heavy atom. The lowest BCUT2D eigenvalue weighted by atomic mass is 10.1. The molecule has 0 spiro atoms. The van der Waals surface area contributed by atoms with E-state index in [0.29, 0.717) is 22.7 Å². The van der Waals surface area contributed by atoms with Crippen LogP contribution in [0.4, 0.5) is 5.00 Å². The molecule has 2 heterocycles. The third-order valence-corrected chi connectivity index (χ3v) is 4.94. The van der Waals surface area contributed by atoms with Gasteiger partial charge in [0.25, 0.3) is 5.91 Å². The highest BCUT2D eigenvalue weighted by molar-refractivity contribution is 7.16. The maximum absolute atomic E-state index is 12.2. The van der Waals surface area contributed by atoms with E-state index in [0.717, 1.165) is 24.8 Å². The van der Waals surface area contributed by atoms with Crippen molar-refractivity contribution in [2.45, 2.75) is 32.1 Å². The second-order valence-corrected chi connectivity index (χ2v) is 6.20. The number of hydrazone groups is 1. The summed E-state index contributed by atoms with van der Waals surface area (Å²) in [6, 6.07) is 2.19. The number of thiophene rings is 1. The summed E-state index contributed by atoms with van der Waals surface area (Å²) in [5, 5.41) is 17.9. The zero-order valence-corrected chi connectivity index (χ0v) is 12.4. The Labute approximate surface area is 126 Å². The van der Waals surface area contributed by atoms with Gasteiger partial charge in [0.15, 0.2) is 0 Å². The standard InChI is InChI=1S/C14H14N4O2S/c1-18-12(19)6-5-10(17-18)13(20)16-14-9(7-15)8-3-2-4-11(8)21-14/h2-6H2,1H3,(H,16,20). The Morgan fingerprint density at radius 3 is 2.90 bits per heavy atom. The van der Waals surface area contributed by atoms with Crippen LogP contribution < -0.4 is 5.32 Å². The fraction of sp³-hybridized carbons (Fsp3) is 0.429. The average Bonchev–Trinajstić information content (AvgIpc) is 3.02. The van der Waals surface area contributed by atoms with E-state index in [-0.39, 0.29) is 18.2 Å². The van der Waals surface area contributed by atoms with Crippen molar-refractivity contribution in [2.24, 2.45) is 5.10 Å². The minimum absolute atomic E-state index is 0.0978. The quantitative estimate of drug-likeness (QED) is 0.901. The van der Waals surface area contributed by atoms with Gasteiger partial charge in [-0.15, -0.1) is 11.3 Å². The molecule has 21 heavy (non-hydrogen) atoms. The zero-order valence-electron chi connectivity index (χ0n) is 11.6. The van der Waals surface area contributed by atoms with Crippen LogP contribution in [0.15, 0.2) is 5.10 Å². The van der Waals surface area contributed by atoms with E-state index in [2.05, 4.69) is 16.5 Å². The molecule has 0 radical (unpaired) electrons. The van der Waals surface area contributed by atoms with Crippen LogP contribution in [-0.4, -0.2) is 29.6 Å². The molecule has 108 valence electrons. The van der Waals surface area contributed by atoms with E-state index in [1.54, 1.807) is 0 Å². The smallest absolute Gasteiger partial charge is 0.272 e. The highest BCUT2D eigenvalue weighted by atomic mass is 32.1. The molecule has 1 aliphatic carbocycles. The number of nitrogens with zero attached hydrogens (tertiary/aromatic N) is 3. The van der Waals surface area contributed by atoms with Gasteiger partial charge in [-0.05, 0) is 24.8 Å². The molecule has 2 aliphatic rings. The van der Waals surface area contributed by atoms with Crippen molar-refractivity contribution in [3.05, 3.63) is 16.0 Å². The summed E-state index contributed by atoms with van der Waals surface area (Å²) >= 11 is 1.48. The number of carbonyl (C=O) groups excluding carboxylic acids is 2. The lowest BCUT2D eigenvalue weighted by molar-refractivity contribution is -0.130. The molecule has 0 saturated carbocycles. The topological polar surface area (TPSA) is 85.6 Å². The third kappa shape index (κ3) is 2.43. The monoisotopic (exact) mass is 302 g/mol. The van der Waals surface area contributed by atoms with Crippen LogP contribution in [0, 0.1) is 11.3 Å². The molecule has 0 saturated heterocycles. The van der Waals surface area contributed by atoms with Gasteiger partial charge in [-0.25, -0.2) is 5.01 Å². The molecule has 2 amide bonds. The fourth-order valence-electron chi connectivity index (χ4n) is 2.62. The van der Waals surface area contributed by atoms with Crippen molar-refractivity contribution in [1.29, 1.82) is 5.26 Å². The van der Waals surface area contributed by atoms with Crippen LogP contribution in [0.25, 0.3) is 0 Å². The predicted molar refractivity (Wildman–Crippen MR) is 79.1 cm³/mol. The normalized spacial score (nSPS) is 17.2. The molecule has 0 unspecified atom stereocenters. The highest BCUT2D eigenvalue weighted by Gasteiger charge is 2.26. The van der Waals surface area contributed by atoms with E-state index >= 15 is 0 Å². The minimum atomic E-state index is -0.328. The molecule has 0 bridgehead atoms. The van der Waals surface area contributed by atoms with E-state index in [9.17, 15) is 14.9 Å². The highest BCUT2D eigenvalue weighted by Crippen LogP contribution is 2.38. The van der Waals surface area contributed by atoms with Gasteiger partial charge in [-0.3, -0.25) is 9.59 Å². The van der Waals surface area contributed by atoms with Crippen LogP contribution in [-0.2, 0) is 22.4 Å². The molecule has 1 aliphatic heterocycles.